The first-order valence-electron chi connectivity index (χ1n) is 14.0. The monoisotopic (exact) mass is 572 g/mol. The van der Waals surface area contributed by atoms with E-state index in [9.17, 15) is 9.59 Å². The minimum atomic E-state index is -0.145. The Hall–Kier alpha value is -4.95. The van der Waals surface area contributed by atoms with E-state index < -0.39 is 0 Å². The number of amides is 2. The smallest absolute Gasteiger partial charge is 0.276 e. The van der Waals surface area contributed by atoms with Crippen LogP contribution in [-0.4, -0.2) is 36.5 Å². The fourth-order valence-corrected chi connectivity index (χ4v) is 6.65. The Morgan fingerprint density at radius 1 is 0.833 bits per heavy atom. The summed E-state index contributed by atoms with van der Waals surface area (Å²) < 4.78 is 5.93. The number of carbonyl (C=O) groups is 2. The number of aromatic nitrogens is 1. The van der Waals surface area contributed by atoms with Crippen LogP contribution in [0.3, 0.4) is 0 Å². The molecule has 7 nitrogen and oxygen atoms in total. The number of nitrogens with zero attached hydrogens (tertiary/aromatic N) is 3. The standard InChI is InChI=1S/C34H28N4O3S/c39-33(35-25-10-2-1-3-11-25)30-21-23-17-18-38(28-14-6-5-12-26(28)32(23)42-30)34(40)27-13-8-16-31(36-27)37-19-20-41-29-15-7-4-9-24(29)22-37/h1-16,21H,17-20,22H2,(H,35,39). The molecule has 3 aromatic carbocycles. The Kier molecular flexibility index (Phi) is 6.89. The number of hydrogen-bond donors (Lipinski definition) is 1. The number of anilines is 3. The van der Waals surface area contributed by atoms with Crippen LogP contribution in [0.2, 0.25) is 0 Å². The number of para-hydroxylation sites is 3. The normalized spacial score (nSPS) is 14.0. The molecule has 0 saturated heterocycles. The molecular weight excluding hydrogens is 544 g/mol. The van der Waals surface area contributed by atoms with E-state index in [0.29, 0.717) is 43.2 Å². The lowest BCUT2D eigenvalue weighted by atomic mass is 10.1. The van der Waals surface area contributed by atoms with Crippen LogP contribution in [0.1, 0.15) is 31.3 Å². The lowest BCUT2D eigenvalue weighted by Gasteiger charge is -2.24. The summed E-state index contributed by atoms with van der Waals surface area (Å²) in [6.45, 7) is 2.36. The molecular formula is C34H28N4O3S. The molecule has 0 fully saturated rings. The molecule has 2 aromatic heterocycles. The summed E-state index contributed by atoms with van der Waals surface area (Å²) in [5.41, 5.74) is 5.08. The van der Waals surface area contributed by atoms with Crippen molar-refractivity contribution in [3.8, 4) is 16.2 Å². The maximum Gasteiger partial charge on any atom is 0.276 e. The average Bonchev–Trinajstić information content (AvgIpc) is 3.25. The molecule has 0 saturated carbocycles. The van der Waals surface area contributed by atoms with E-state index in [1.165, 1.54) is 11.3 Å². The highest BCUT2D eigenvalue weighted by Gasteiger charge is 2.28. The van der Waals surface area contributed by atoms with Gasteiger partial charge in [0.15, 0.2) is 0 Å². The molecule has 0 unspecified atom stereocenters. The largest absolute Gasteiger partial charge is 0.491 e. The van der Waals surface area contributed by atoms with E-state index >= 15 is 0 Å². The Morgan fingerprint density at radius 3 is 2.55 bits per heavy atom. The quantitative estimate of drug-likeness (QED) is 0.261. The Morgan fingerprint density at radius 2 is 1.64 bits per heavy atom. The number of nitrogens with one attached hydrogen (secondary N) is 1. The van der Waals surface area contributed by atoms with Crippen LogP contribution >= 0.6 is 11.3 Å². The van der Waals surface area contributed by atoms with E-state index in [4.69, 9.17) is 9.72 Å². The lowest BCUT2D eigenvalue weighted by Crippen LogP contribution is -2.34. The predicted octanol–water partition coefficient (Wildman–Crippen LogP) is 6.66. The van der Waals surface area contributed by atoms with Gasteiger partial charge in [0.05, 0.1) is 17.1 Å². The zero-order valence-electron chi connectivity index (χ0n) is 22.8. The van der Waals surface area contributed by atoms with Gasteiger partial charge in [0, 0.05) is 34.8 Å². The fourth-order valence-electron chi connectivity index (χ4n) is 5.51. The lowest BCUT2D eigenvalue weighted by molar-refractivity contribution is 0.0981. The van der Waals surface area contributed by atoms with Gasteiger partial charge in [-0.3, -0.25) is 9.59 Å². The van der Waals surface area contributed by atoms with E-state index in [0.717, 1.165) is 44.5 Å². The number of thiophene rings is 1. The highest BCUT2D eigenvalue weighted by atomic mass is 32.1. The molecule has 4 heterocycles. The van der Waals surface area contributed by atoms with Gasteiger partial charge >= 0.3 is 0 Å². The second-order valence-electron chi connectivity index (χ2n) is 10.3. The van der Waals surface area contributed by atoms with E-state index in [2.05, 4.69) is 16.3 Å². The maximum absolute atomic E-state index is 14.0. The molecule has 0 radical (unpaired) electrons. The second kappa shape index (κ2) is 11.1. The molecule has 8 heteroatoms. The minimum absolute atomic E-state index is 0.132. The third-order valence-corrected chi connectivity index (χ3v) is 8.79. The van der Waals surface area contributed by atoms with Gasteiger partial charge in [0.2, 0.25) is 0 Å². The second-order valence-corrected chi connectivity index (χ2v) is 11.3. The number of benzene rings is 3. The minimum Gasteiger partial charge on any atom is -0.491 e. The molecule has 7 rings (SSSR count). The van der Waals surface area contributed by atoms with Gasteiger partial charge in [-0.25, -0.2) is 4.98 Å². The number of ether oxygens (including phenoxy) is 1. The zero-order chi connectivity index (χ0) is 28.5. The first-order chi connectivity index (χ1) is 20.6. The molecule has 1 N–H and O–H groups in total. The summed E-state index contributed by atoms with van der Waals surface area (Å²) in [5.74, 6) is 1.36. The number of carbonyl (C=O) groups excluding carboxylic acids is 2. The third-order valence-electron chi connectivity index (χ3n) is 7.58. The van der Waals surface area contributed by atoms with Crippen LogP contribution in [0.15, 0.2) is 103 Å². The Bertz CT molecular complexity index is 1780. The van der Waals surface area contributed by atoms with Crippen LogP contribution in [0.4, 0.5) is 17.2 Å². The molecule has 0 atom stereocenters. The van der Waals surface area contributed by atoms with Crippen LogP contribution in [0, 0.1) is 0 Å². The van der Waals surface area contributed by atoms with Crippen molar-refractivity contribution in [1.29, 1.82) is 0 Å². The van der Waals surface area contributed by atoms with Gasteiger partial charge in [0.1, 0.15) is 23.9 Å². The van der Waals surface area contributed by atoms with Gasteiger partial charge in [-0.15, -0.1) is 11.3 Å². The topological polar surface area (TPSA) is 74.8 Å². The van der Waals surface area contributed by atoms with Crippen molar-refractivity contribution in [3.63, 3.8) is 0 Å². The molecule has 2 aliphatic heterocycles. The number of hydrogen-bond acceptors (Lipinski definition) is 6. The summed E-state index contributed by atoms with van der Waals surface area (Å²) in [7, 11) is 0. The van der Waals surface area contributed by atoms with Crippen molar-refractivity contribution in [1.82, 2.24) is 4.98 Å². The van der Waals surface area contributed by atoms with Crippen molar-refractivity contribution in [2.45, 2.75) is 13.0 Å². The summed E-state index contributed by atoms with van der Waals surface area (Å²) in [6.07, 6.45) is 0.630. The van der Waals surface area contributed by atoms with Gasteiger partial charge in [0.25, 0.3) is 11.8 Å². The summed E-state index contributed by atoms with van der Waals surface area (Å²) in [6, 6.07) is 33.0. The van der Waals surface area contributed by atoms with Crippen LogP contribution in [0.5, 0.6) is 5.75 Å². The number of pyridine rings is 1. The highest BCUT2D eigenvalue weighted by molar-refractivity contribution is 7.17. The summed E-state index contributed by atoms with van der Waals surface area (Å²) in [5, 5.41) is 2.98. The zero-order valence-corrected chi connectivity index (χ0v) is 23.6. The van der Waals surface area contributed by atoms with Gasteiger partial charge in [-0.05, 0) is 54.4 Å². The van der Waals surface area contributed by atoms with Gasteiger partial charge in [-0.2, -0.15) is 0 Å². The van der Waals surface area contributed by atoms with Crippen LogP contribution in [-0.2, 0) is 13.0 Å². The summed E-state index contributed by atoms with van der Waals surface area (Å²) in [4.78, 5) is 37.6. The van der Waals surface area contributed by atoms with Crippen molar-refractivity contribution < 1.29 is 14.3 Å². The van der Waals surface area contributed by atoms with Crippen LogP contribution in [0.25, 0.3) is 10.4 Å². The molecule has 2 amide bonds. The molecule has 42 heavy (non-hydrogen) atoms. The van der Waals surface area contributed by atoms with E-state index in [1.54, 1.807) is 6.07 Å². The Labute approximate surface area is 248 Å². The SMILES string of the molecule is O=C(Nc1ccccc1)c1cc2c(s1)-c1ccccc1N(C(=O)c1cccc(N3CCOc4ccccc4C3)n1)CC2. The number of fused-ring (bicyclic) bond motifs is 4. The van der Waals surface area contributed by atoms with Crippen molar-refractivity contribution >= 4 is 40.3 Å². The third kappa shape index (κ3) is 5.01. The first-order valence-corrected chi connectivity index (χ1v) is 14.8. The predicted molar refractivity (Wildman–Crippen MR) is 167 cm³/mol. The Balaban J connectivity index is 1.16. The molecule has 2 aliphatic rings. The molecule has 5 aromatic rings. The molecule has 0 spiro atoms. The maximum atomic E-state index is 14.0. The van der Waals surface area contributed by atoms with Crippen molar-refractivity contribution in [2.75, 3.05) is 34.8 Å². The van der Waals surface area contributed by atoms with Gasteiger partial charge < -0.3 is 19.9 Å². The molecule has 208 valence electrons. The molecule has 0 bridgehead atoms. The van der Waals surface area contributed by atoms with Crippen molar-refractivity contribution in [2.24, 2.45) is 0 Å². The van der Waals surface area contributed by atoms with E-state index in [1.807, 2.05) is 95.9 Å². The first kappa shape index (κ1) is 26.0. The van der Waals surface area contributed by atoms with Gasteiger partial charge in [-0.1, -0.05) is 60.7 Å². The average molecular weight is 573 g/mol. The van der Waals surface area contributed by atoms with Crippen LogP contribution < -0.4 is 19.9 Å². The molecule has 0 aliphatic carbocycles. The summed E-state index contributed by atoms with van der Waals surface area (Å²) >= 11 is 1.46. The van der Waals surface area contributed by atoms with E-state index in [-0.39, 0.29) is 11.8 Å². The van der Waals surface area contributed by atoms with Crippen molar-refractivity contribution in [3.05, 3.63) is 125 Å². The number of rotatable bonds is 4. The highest BCUT2D eigenvalue weighted by Crippen LogP contribution is 2.42. The fraction of sp³-hybridized carbons (Fsp3) is 0.147.